The van der Waals surface area contributed by atoms with E-state index in [1.165, 1.54) is 11.8 Å². The molecule has 0 aliphatic carbocycles. The maximum absolute atomic E-state index is 10.8. The van der Waals surface area contributed by atoms with Crippen LogP contribution in [0.15, 0.2) is 23.1 Å². The molecule has 2 N–H and O–H groups in total. The quantitative estimate of drug-likeness (QED) is 0.625. The number of hydrogen-bond acceptors (Lipinski definition) is 3. The van der Waals surface area contributed by atoms with Crippen LogP contribution in [0.2, 0.25) is 0 Å². The first kappa shape index (κ1) is 14.5. The van der Waals surface area contributed by atoms with Gasteiger partial charge in [0.1, 0.15) is 0 Å². The highest BCUT2D eigenvalue weighted by atomic mass is 79.9. The van der Waals surface area contributed by atoms with Crippen molar-refractivity contribution in [2.45, 2.75) is 23.8 Å². The molecule has 1 atom stereocenters. The van der Waals surface area contributed by atoms with Crippen LogP contribution in [0.1, 0.15) is 23.7 Å². The van der Waals surface area contributed by atoms with Crippen molar-refractivity contribution in [2.24, 2.45) is 0 Å². The van der Waals surface area contributed by atoms with Gasteiger partial charge in [0.2, 0.25) is 0 Å². The van der Waals surface area contributed by atoms with Gasteiger partial charge in [-0.3, -0.25) is 0 Å². The molecule has 0 aliphatic rings. The maximum Gasteiger partial charge on any atom is 0.337 e. The highest BCUT2D eigenvalue weighted by Crippen LogP contribution is 2.27. The molecule has 17 heavy (non-hydrogen) atoms. The maximum atomic E-state index is 10.8. The number of carbonyl (C=O) groups is 1. The van der Waals surface area contributed by atoms with Crippen LogP contribution in [0, 0.1) is 0 Å². The van der Waals surface area contributed by atoms with Crippen LogP contribution >= 0.6 is 27.7 Å². The Kier molecular flexibility index (Phi) is 6.02. The Bertz CT molecular complexity index is 395. The fourth-order valence-corrected chi connectivity index (χ4v) is 2.51. The van der Waals surface area contributed by atoms with Crippen molar-refractivity contribution in [2.75, 3.05) is 11.6 Å². The van der Waals surface area contributed by atoms with Crippen molar-refractivity contribution in [3.63, 3.8) is 0 Å². The Morgan fingerprint density at radius 1 is 1.53 bits per heavy atom. The molecule has 0 saturated carbocycles. The van der Waals surface area contributed by atoms with E-state index >= 15 is 0 Å². The van der Waals surface area contributed by atoms with Crippen molar-refractivity contribution >= 4 is 33.7 Å². The second-order valence-electron chi connectivity index (χ2n) is 3.61. The Labute approximate surface area is 113 Å². The first-order valence-electron chi connectivity index (χ1n) is 5.23. The standard InChI is InChI=1S/C12H15BrO3S/c1-17-10-7-8(3-2-6-13)4-5-9(10)11(14)12(15)16/h4-5,7,11,14H,2-3,6H2,1H3,(H,15,16). The number of rotatable bonds is 6. The Balaban J connectivity index is 2.96. The average Bonchev–Trinajstić information content (AvgIpc) is 2.34. The number of aliphatic hydroxyl groups is 1. The lowest BCUT2D eigenvalue weighted by Gasteiger charge is -2.12. The van der Waals surface area contributed by atoms with Gasteiger partial charge in [-0.15, -0.1) is 11.8 Å². The van der Waals surface area contributed by atoms with Crippen LogP contribution < -0.4 is 0 Å². The molecule has 0 radical (unpaired) electrons. The molecule has 0 heterocycles. The zero-order valence-electron chi connectivity index (χ0n) is 9.52. The predicted octanol–water partition coefficient (Wildman–Crippen LogP) is 2.85. The summed E-state index contributed by atoms with van der Waals surface area (Å²) in [5, 5.41) is 19.3. The second-order valence-corrected chi connectivity index (χ2v) is 5.25. The molecule has 94 valence electrons. The van der Waals surface area contributed by atoms with Crippen molar-refractivity contribution in [3.05, 3.63) is 29.3 Å². The van der Waals surface area contributed by atoms with Gasteiger partial charge < -0.3 is 10.2 Å². The van der Waals surface area contributed by atoms with Gasteiger partial charge in [0, 0.05) is 15.8 Å². The van der Waals surface area contributed by atoms with Crippen molar-refractivity contribution in [3.8, 4) is 0 Å². The zero-order chi connectivity index (χ0) is 12.8. The molecule has 0 spiro atoms. The van der Waals surface area contributed by atoms with E-state index in [9.17, 15) is 9.90 Å². The third kappa shape index (κ3) is 4.01. The van der Waals surface area contributed by atoms with Gasteiger partial charge in [0.25, 0.3) is 0 Å². The summed E-state index contributed by atoms with van der Waals surface area (Å²) in [6, 6.07) is 5.53. The summed E-state index contributed by atoms with van der Waals surface area (Å²) >= 11 is 4.83. The molecule has 0 aliphatic heterocycles. The van der Waals surface area contributed by atoms with Crippen molar-refractivity contribution < 1.29 is 15.0 Å². The number of hydrogen-bond donors (Lipinski definition) is 2. The van der Waals surface area contributed by atoms with Crippen molar-refractivity contribution in [1.29, 1.82) is 0 Å². The molecule has 1 aromatic carbocycles. The van der Waals surface area contributed by atoms with E-state index in [4.69, 9.17) is 5.11 Å². The number of benzene rings is 1. The molecular weight excluding hydrogens is 304 g/mol. The highest BCUT2D eigenvalue weighted by molar-refractivity contribution is 9.09. The number of aliphatic hydroxyl groups excluding tert-OH is 1. The number of aryl methyl sites for hydroxylation is 1. The number of aliphatic carboxylic acids is 1. The zero-order valence-corrected chi connectivity index (χ0v) is 11.9. The number of alkyl halides is 1. The fourth-order valence-electron chi connectivity index (χ4n) is 1.54. The molecule has 3 nitrogen and oxygen atoms in total. The molecular formula is C12H15BrO3S. The third-order valence-electron chi connectivity index (χ3n) is 2.43. The van der Waals surface area contributed by atoms with E-state index in [1.807, 2.05) is 18.4 Å². The first-order valence-corrected chi connectivity index (χ1v) is 7.58. The largest absolute Gasteiger partial charge is 0.479 e. The summed E-state index contributed by atoms with van der Waals surface area (Å²) < 4.78 is 0. The molecule has 1 aromatic rings. The summed E-state index contributed by atoms with van der Waals surface area (Å²) in [5.74, 6) is -1.21. The van der Waals surface area contributed by atoms with Crippen LogP contribution in [0.25, 0.3) is 0 Å². The molecule has 1 unspecified atom stereocenters. The van der Waals surface area contributed by atoms with Gasteiger partial charge in [-0.25, -0.2) is 4.79 Å². The molecule has 0 aromatic heterocycles. The summed E-state index contributed by atoms with van der Waals surface area (Å²) in [7, 11) is 0. The van der Waals surface area contributed by atoms with Gasteiger partial charge in [0.05, 0.1) is 0 Å². The average molecular weight is 319 g/mol. The van der Waals surface area contributed by atoms with Gasteiger partial charge in [-0.2, -0.15) is 0 Å². The second kappa shape index (κ2) is 7.03. The lowest BCUT2D eigenvalue weighted by atomic mass is 10.0. The van der Waals surface area contributed by atoms with E-state index in [1.54, 1.807) is 6.07 Å². The topological polar surface area (TPSA) is 57.5 Å². The van der Waals surface area contributed by atoms with Crippen molar-refractivity contribution in [1.82, 2.24) is 0 Å². The van der Waals surface area contributed by atoms with Crippen LogP contribution in [0.3, 0.4) is 0 Å². The lowest BCUT2D eigenvalue weighted by Crippen LogP contribution is -2.11. The molecule has 5 heteroatoms. The number of halogens is 1. The third-order valence-corrected chi connectivity index (χ3v) is 3.78. The minimum atomic E-state index is -1.44. The molecule has 0 bridgehead atoms. The Morgan fingerprint density at radius 2 is 2.24 bits per heavy atom. The molecule has 0 fully saturated rings. The highest BCUT2D eigenvalue weighted by Gasteiger charge is 2.19. The molecule has 0 saturated heterocycles. The normalized spacial score (nSPS) is 12.4. The van der Waals surface area contributed by atoms with E-state index < -0.39 is 12.1 Å². The minimum absolute atomic E-state index is 0.465. The van der Waals surface area contributed by atoms with Gasteiger partial charge >= 0.3 is 5.97 Å². The predicted molar refractivity (Wildman–Crippen MR) is 72.9 cm³/mol. The summed E-state index contributed by atoms with van der Waals surface area (Å²) in [6.45, 7) is 0. The minimum Gasteiger partial charge on any atom is -0.479 e. The van der Waals surface area contributed by atoms with E-state index in [0.717, 1.165) is 28.6 Å². The van der Waals surface area contributed by atoms with Crippen LogP contribution in [-0.2, 0) is 11.2 Å². The van der Waals surface area contributed by atoms with Crippen LogP contribution in [0.5, 0.6) is 0 Å². The monoisotopic (exact) mass is 318 g/mol. The van der Waals surface area contributed by atoms with E-state index in [-0.39, 0.29) is 0 Å². The Hall–Kier alpha value is -0.520. The smallest absolute Gasteiger partial charge is 0.337 e. The number of carboxylic acid groups (broad SMARTS) is 1. The number of carboxylic acids is 1. The van der Waals surface area contributed by atoms with Gasteiger partial charge in [-0.05, 0) is 30.7 Å². The SMILES string of the molecule is CSc1cc(CCCBr)ccc1C(O)C(=O)O. The van der Waals surface area contributed by atoms with E-state index in [0.29, 0.717) is 5.56 Å². The van der Waals surface area contributed by atoms with Crippen LogP contribution in [-0.4, -0.2) is 27.8 Å². The van der Waals surface area contributed by atoms with Gasteiger partial charge in [-0.1, -0.05) is 28.1 Å². The summed E-state index contributed by atoms with van der Waals surface area (Å²) in [6.07, 6.45) is 2.42. The molecule has 0 amide bonds. The van der Waals surface area contributed by atoms with Crippen LogP contribution in [0.4, 0.5) is 0 Å². The number of thioether (sulfide) groups is 1. The lowest BCUT2D eigenvalue weighted by molar-refractivity contribution is -0.147. The van der Waals surface area contributed by atoms with E-state index in [2.05, 4.69) is 15.9 Å². The Morgan fingerprint density at radius 3 is 2.76 bits per heavy atom. The fraction of sp³-hybridized carbons (Fsp3) is 0.417. The molecule has 1 rings (SSSR count). The van der Waals surface area contributed by atoms with Gasteiger partial charge in [0.15, 0.2) is 6.10 Å². The first-order chi connectivity index (χ1) is 8.10. The summed E-state index contributed by atoms with van der Waals surface area (Å²) in [5.41, 5.74) is 1.63. The summed E-state index contributed by atoms with van der Waals surface area (Å²) in [4.78, 5) is 11.6.